The number of amides is 1. The summed E-state index contributed by atoms with van der Waals surface area (Å²) in [6.07, 6.45) is 1.03. The smallest absolute Gasteiger partial charge is 0.236 e. The summed E-state index contributed by atoms with van der Waals surface area (Å²) in [6, 6.07) is 2.83. The molecule has 0 spiro atoms. The van der Waals surface area contributed by atoms with Crippen LogP contribution in [-0.4, -0.2) is 47.9 Å². The summed E-state index contributed by atoms with van der Waals surface area (Å²) in [4.78, 5) is 15.9. The second-order valence-corrected chi connectivity index (χ2v) is 5.27. The number of rotatable bonds is 3. The second kappa shape index (κ2) is 6.02. The Labute approximate surface area is 104 Å². The van der Waals surface area contributed by atoms with Crippen LogP contribution in [0, 0.1) is 17.2 Å². The second-order valence-electron chi connectivity index (χ2n) is 5.27. The van der Waals surface area contributed by atoms with Crippen LogP contribution >= 0.6 is 0 Å². The molecule has 1 amide bonds. The lowest BCUT2D eigenvalue weighted by Crippen LogP contribution is -2.54. The van der Waals surface area contributed by atoms with Crippen molar-refractivity contribution in [2.24, 2.45) is 5.92 Å². The molecular formula is C13H23N3O. The first-order valence-corrected chi connectivity index (χ1v) is 6.34. The molecule has 1 saturated heterocycles. The monoisotopic (exact) mass is 237 g/mol. The third-order valence-electron chi connectivity index (χ3n) is 3.84. The van der Waals surface area contributed by atoms with Gasteiger partial charge in [-0.2, -0.15) is 5.26 Å². The summed E-state index contributed by atoms with van der Waals surface area (Å²) in [5, 5.41) is 8.57. The van der Waals surface area contributed by atoms with Gasteiger partial charge in [-0.3, -0.25) is 9.69 Å². The van der Waals surface area contributed by atoms with Gasteiger partial charge >= 0.3 is 0 Å². The molecule has 0 aromatic carbocycles. The minimum atomic E-state index is -0.0263. The van der Waals surface area contributed by atoms with Gasteiger partial charge in [0.2, 0.25) is 5.91 Å². The largest absolute Gasteiger partial charge is 0.340 e. The van der Waals surface area contributed by atoms with Crippen LogP contribution in [0.2, 0.25) is 0 Å². The Morgan fingerprint density at radius 3 is 2.76 bits per heavy atom. The first-order chi connectivity index (χ1) is 7.97. The Morgan fingerprint density at radius 2 is 2.24 bits per heavy atom. The van der Waals surface area contributed by atoms with Crippen molar-refractivity contribution < 1.29 is 4.79 Å². The van der Waals surface area contributed by atoms with Crippen LogP contribution in [0.25, 0.3) is 0 Å². The average molecular weight is 237 g/mol. The van der Waals surface area contributed by atoms with Crippen molar-refractivity contribution in [1.29, 1.82) is 5.26 Å². The van der Waals surface area contributed by atoms with E-state index in [2.05, 4.69) is 32.7 Å². The van der Waals surface area contributed by atoms with Crippen LogP contribution in [-0.2, 0) is 4.79 Å². The van der Waals surface area contributed by atoms with Crippen molar-refractivity contribution in [3.05, 3.63) is 0 Å². The van der Waals surface area contributed by atoms with Gasteiger partial charge in [0.05, 0.1) is 6.07 Å². The van der Waals surface area contributed by atoms with Crippen LogP contribution in [0.5, 0.6) is 0 Å². The highest BCUT2D eigenvalue weighted by Crippen LogP contribution is 2.22. The van der Waals surface area contributed by atoms with E-state index in [9.17, 15) is 4.79 Å². The Balaban J connectivity index is 2.66. The van der Waals surface area contributed by atoms with E-state index in [1.165, 1.54) is 0 Å². The zero-order valence-corrected chi connectivity index (χ0v) is 11.3. The summed E-state index contributed by atoms with van der Waals surface area (Å²) in [5.74, 6) is 0.579. The Kier molecular flexibility index (Phi) is 4.95. The summed E-state index contributed by atoms with van der Waals surface area (Å²) in [5.41, 5.74) is 0. The third-order valence-corrected chi connectivity index (χ3v) is 3.84. The highest BCUT2D eigenvalue weighted by Gasteiger charge is 2.31. The van der Waals surface area contributed by atoms with Crippen molar-refractivity contribution in [2.75, 3.05) is 20.1 Å². The van der Waals surface area contributed by atoms with E-state index in [4.69, 9.17) is 5.26 Å². The van der Waals surface area contributed by atoms with Crippen LogP contribution < -0.4 is 0 Å². The molecule has 1 rings (SSSR count). The lowest BCUT2D eigenvalue weighted by atomic mass is 9.91. The van der Waals surface area contributed by atoms with E-state index >= 15 is 0 Å². The molecule has 4 heteroatoms. The number of hydrogen-bond acceptors (Lipinski definition) is 3. The molecule has 96 valence electrons. The van der Waals surface area contributed by atoms with Gasteiger partial charge in [-0.25, -0.2) is 0 Å². The van der Waals surface area contributed by atoms with Crippen molar-refractivity contribution in [1.82, 2.24) is 9.80 Å². The molecule has 1 heterocycles. The lowest BCUT2D eigenvalue weighted by Gasteiger charge is -2.43. The maximum atomic E-state index is 11.7. The van der Waals surface area contributed by atoms with Gasteiger partial charge in [0, 0.05) is 25.2 Å². The zero-order valence-electron chi connectivity index (χ0n) is 11.3. The molecule has 4 nitrogen and oxygen atoms in total. The molecule has 0 aromatic heterocycles. The highest BCUT2D eigenvalue weighted by atomic mass is 16.2. The number of likely N-dealkylation sites (tertiary alicyclic amines) is 1. The van der Waals surface area contributed by atoms with Gasteiger partial charge in [0.15, 0.2) is 0 Å². The zero-order chi connectivity index (χ0) is 13.0. The molecule has 0 aliphatic carbocycles. The Hall–Kier alpha value is -1.08. The molecule has 0 unspecified atom stereocenters. The number of hydrogen-bond donors (Lipinski definition) is 0. The Morgan fingerprint density at radius 1 is 1.59 bits per heavy atom. The minimum Gasteiger partial charge on any atom is -0.340 e. The summed E-state index contributed by atoms with van der Waals surface area (Å²) >= 11 is 0. The van der Waals surface area contributed by atoms with E-state index < -0.39 is 0 Å². The molecule has 0 radical (unpaired) electrons. The fourth-order valence-electron chi connectivity index (χ4n) is 2.37. The van der Waals surface area contributed by atoms with Crippen LogP contribution in [0.1, 0.15) is 33.6 Å². The summed E-state index contributed by atoms with van der Waals surface area (Å²) in [6.45, 7) is 8.14. The summed E-state index contributed by atoms with van der Waals surface area (Å²) in [7, 11) is 2.12. The number of likely N-dealkylation sites (N-methyl/N-ethyl adjacent to an activating group) is 1. The van der Waals surface area contributed by atoms with Crippen molar-refractivity contribution in [2.45, 2.75) is 45.7 Å². The van der Waals surface area contributed by atoms with Gasteiger partial charge in [0.1, 0.15) is 6.42 Å². The number of nitriles is 1. The SMILES string of the molecule is CC(C)N(C)[C@H]1CN(C(=O)CC#N)CC[C@H]1C. The molecule has 0 saturated carbocycles. The number of piperidine rings is 1. The van der Waals surface area contributed by atoms with Gasteiger partial charge in [-0.05, 0) is 33.2 Å². The van der Waals surface area contributed by atoms with Gasteiger partial charge in [-0.15, -0.1) is 0 Å². The van der Waals surface area contributed by atoms with Crippen LogP contribution in [0.4, 0.5) is 0 Å². The predicted molar refractivity (Wildman–Crippen MR) is 67.3 cm³/mol. The van der Waals surface area contributed by atoms with E-state index in [0.717, 1.165) is 19.5 Å². The predicted octanol–water partition coefficient (Wildman–Crippen LogP) is 1.48. The lowest BCUT2D eigenvalue weighted by molar-refractivity contribution is -0.133. The average Bonchev–Trinajstić information content (AvgIpc) is 2.28. The first-order valence-electron chi connectivity index (χ1n) is 6.34. The van der Waals surface area contributed by atoms with E-state index in [-0.39, 0.29) is 12.3 Å². The fraction of sp³-hybridized carbons (Fsp3) is 0.846. The molecule has 2 atom stereocenters. The molecule has 0 bridgehead atoms. The third kappa shape index (κ3) is 3.44. The van der Waals surface area contributed by atoms with Gasteiger partial charge in [0.25, 0.3) is 0 Å². The number of carbonyl (C=O) groups is 1. The van der Waals surface area contributed by atoms with Crippen molar-refractivity contribution in [3.8, 4) is 6.07 Å². The van der Waals surface area contributed by atoms with Gasteiger partial charge in [-0.1, -0.05) is 6.92 Å². The standard InChI is InChI=1S/C13H23N3O/c1-10(2)15(4)12-9-16(8-6-11(12)3)13(17)5-7-14/h10-12H,5-6,8-9H2,1-4H3/t11-,12+/m1/s1. The van der Waals surface area contributed by atoms with Crippen molar-refractivity contribution >= 4 is 5.91 Å². The van der Waals surface area contributed by atoms with Gasteiger partial charge < -0.3 is 4.90 Å². The molecule has 17 heavy (non-hydrogen) atoms. The molecule has 1 fully saturated rings. The summed E-state index contributed by atoms with van der Waals surface area (Å²) < 4.78 is 0. The van der Waals surface area contributed by atoms with E-state index in [1.54, 1.807) is 0 Å². The van der Waals surface area contributed by atoms with Crippen molar-refractivity contribution in [3.63, 3.8) is 0 Å². The Bertz CT molecular complexity index is 308. The minimum absolute atomic E-state index is 0.00644. The topological polar surface area (TPSA) is 47.3 Å². The molecule has 1 aliphatic heterocycles. The molecule has 1 aliphatic rings. The number of nitrogens with zero attached hydrogens (tertiary/aromatic N) is 3. The molecular weight excluding hydrogens is 214 g/mol. The van der Waals surface area contributed by atoms with E-state index in [1.807, 2.05) is 11.0 Å². The molecule has 0 N–H and O–H groups in total. The normalized spacial score (nSPS) is 25.1. The van der Waals surface area contributed by atoms with Crippen LogP contribution in [0.3, 0.4) is 0 Å². The maximum absolute atomic E-state index is 11.7. The number of carbonyl (C=O) groups excluding carboxylic acids is 1. The highest BCUT2D eigenvalue weighted by molar-refractivity contribution is 5.78. The maximum Gasteiger partial charge on any atom is 0.236 e. The quantitative estimate of drug-likeness (QED) is 0.747. The van der Waals surface area contributed by atoms with E-state index in [0.29, 0.717) is 18.0 Å². The molecule has 0 aromatic rings. The fourth-order valence-corrected chi connectivity index (χ4v) is 2.37. The van der Waals surface area contributed by atoms with Crippen LogP contribution in [0.15, 0.2) is 0 Å². The first kappa shape index (κ1) is 14.0.